The summed E-state index contributed by atoms with van der Waals surface area (Å²) in [6, 6.07) is 11.5. The fourth-order valence-electron chi connectivity index (χ4n) is 1.99. The van der Waals surface area contributed by atoms with Gasteiger partial charge in [-0.3, -0.25) is 4.79 Å². The van der Waals surface area contributed by atoms with Crippen LogP contribution in [0.4, 0.5) is 4.39 Å². The average Bonchev–Trinajstić information content (AvgIpc) is 2.97. The normalized spacial score (nSPS) is 10.6. The first-order valence-electron chi connectivity index (χ1n) is 6.63. The molecule has 0 saturated carbocycles. The van der Waals surface area contributed by atoms with Gasteiger partial charge < -0.3 is 10.1 Å². The molecule has 0 atom stereocenters. The highest BCUT2D eigenvalue weighted by Gasteiger charge is 2.12. The predicted molar refractivity (Wildman–Crippen MR) is 83.7 cm³/mol. The second-order valence-corrected chi connectivity index (χ2v) is 5.69. The van der Waals surface area contributed by atoms with Gasteiger partial charge in [0, 0.05) is 6.54 Å². The maximum Gasteiger partial charge on any atom is 0.280 e. The number of hydrogen-bond donors (Lipinski definition) is 1. The van der Waals surface area contributed by atoms with Gasteiger partial charge in [0.05, 0.1) is 17.3 Å². The molecule has 0 saturated heterocycles. The number of fused-ring (bicyclic) bond motifs is 1. The summed E-state index contributed by atoms with van der Waals surface area (Å²) < 4.78 is 18.9. The van der Waals surface area contributed by atoms with E-state index in [-0.39, 0.29) is 11.7 Å². The van der Waals surface area contributed by atoms with Crippen molar-refractivity contribution in [3.63, 3.8) is 0 Å². The highest BCUT2D eigenvalue weighted by Crippen LogP contribution is 2.26. The molecular weight excluding hydrogens is 303 g/mol. The van der Waals surface area contributed by atoms with Crippen LogP contribution >= 0.6 is 11.3 Å². The van der Waals surface area contributed by atoms with E-state index in [1.165, 1.54) is 23.5 Å². The molecule has 0 unspecified atom stereocenters. The molecule has 0 aliphatic carbocycles. The van der Waals surface area contributed by atoms with Crippen molar-refractivity contribution in [2.24, 2.45) is 0 Å². The highest BCUT2D eigenvalue weighted by molar-refractivity contribution is 7.20. The average molecular weight is 316 g/mol. The van der Waals surface area contributed by atoms with Gasteiger partial charge >= 0.3 is 0 Å². The Morgan fingerprint density at radius 2 is 2.05 bits per heavy atom. The number of methoxy groups -OCH3 is 1. The topological polar surface area (TPSA) is 51.2 Å². The molecule has 2 aromatic carbocycles. The van der Waals surface area contributed by atoms with E-state index in [4.69, 9.17) is 4.74 Å². The number of ether oxygens (including phenoxy) is 1. The van der Waals surface area contributed by atoms with Gasteiger partial charge in [-0.2, -0.15) is 0 Å². The van der Waals surface area contributed by atoms with Crippen LogP contribution in [0, 0.1) is 5.82 Å². The van der Waals surface area contributed by atoms with Crippen LogP contribution in [0.1, 0.15) is 15.4 Å². The number of benzene rings is 2. The Labute approximate surface area is 130 Å². The van der Waals surface area contributed by atoms with E-state index < -0.39 is 0 Å². The zero-order valence-electron chi connectivity index (χ0n) is 11.8. The van der Waals surface area contributed by atoms with Crippen molar-refractivity contribution in [1.29, 1.82) is 0 Å². The molecule has 112 valence electrons. The largest absolute Gasteiger partial charge is 0.497 e. The van der Waals surface area contributed by atoms with E-state index >= 15 is 0 Å². The molecule has 1 aromatic heterocycles. The summed E-state index contributed by atoms with van der Waals surface area (Å²) in [5.74, 6) is 0.189. The summed E-state index contributed by atoms with van der Waals surface area (Å²) in [7, 11) is 1.60. The SMILES string of the molecule is COc1ccc2nc(C(=O)NCc3ccc(F)cc3)sc2c1. The zero-order chi connectivity index (χ0) is 15.5. The number of nitrogens with one attached hydrogen (secondary N) is 1. The predicted octanol–water partition coefficient (Wildman–Crippen LogP) is 3.37. The number of hydrogen-bond acceptors (Lipinski definition) is 4. The fourth-order valence-corrected chi connectivity index (χ4v) is 2.90. The van der Waals surface area contributed by atoms with Crippen molar-refractivity contribution < 1.29 is 13.9 Å². The minimum atomic E-state index is -0.296. The third kappa shape index (κ3) is 3.07. The maximum absolute atomic E-state index is 12.8. The molecule has 0 bridgehead atoms. The first kappa shape index (κ1) is 14.5. The minimum absolute atomic E-state index is 0.246. The standard InChI is InChI=1S/C16H13FN2O2S/c1-21-12-6-7-13-14(8-12)22-16(19-13)15(20)18-9-10-2-4-11(17)5-3-10/h2-8H,9H2,1H3,(H,18,20). The van der Waals surface area contributed by atoms with Gasteiger partial charge in [-0.05, 0) is 35.9 Å². The van der Waals surface area contributed by atoms with Gasteiger partial charge in [0.25, 0.3) is 5.91 Å². The molecule has 0 aliphatic heterocycles. The number of amides is 1. The quantitative estimate of drug-likeness (QED) is 0.803. The van der Waals surface area contributed by atoms with Crippen LogP contribution in [0.15, 0.2) is 42.5 Å². The second kappa shape index (κ2) is 6.11. The van der Waals surface area contributed by atoms with Gasteiger partial charge in [0.15, 0.2) is 5.01 Å². The lowest BCUT2D eigenvalue weighted by Crippen LogP contribution is -2.22. The van der Waals surface area contributed by atoms with Gasteiger partial charge in [-0.25, -0.2) is 9.37 Å². The number of nitrogens with zero attached hydrogens (tertiary/aromatic N) is 1. The molecule has 1 amide bonds. The molecule has 0 aliphatic rings. The van der Waals surface area contributed by atoms with Crippen molar-refractivity contribution in [3.05, 3.63) is 58.9 Å². The molecule has 3 aromatic rings. The zero-order valence-corrected chi connectivity index (χ0v) is 12.6. The van der Waals surface area contributed by atoms with E-state index in [1.807, 2.05) is 18.2 Å². The number of carbonyl (C=O) groups is 1. The monoisotopic (exact) mass is 316 g/mol. The molecule has 4 nitrogen and oxygen atoms in total. The van der Waals surface area contributed by atoms with Crippen LogP contribution < -0.4 is 10.1 Å². The lowest BCUT2D eigenvalue weighted by molar-refractivity contribution is 0.0950. The Morgan fingerprint density at radius 1 is 1.27 bits per heavy atom. The van der Waals surface area contributed by atoms with Crippen LogP contribution in [0.3, 0.4) is 0 Å². The number of thiazole rings is 1. The van der Waals surface area contributed by atoms with Crippen LogP contribution in [0.25, 0.3) is 10.2 Å². The van der Waals surface area contributed by atoms with E-state index in [1.54, 1.807) is 19.2 Å². The van der Waals surface area contributed by atoms with E-state index in [2.05, 4.69) is 10.3 Å². The Bertz CT molecular complexity index is 815. The van der Waals surface area contributed by atoms with Gasteiger partial charge in [0.1, 0.15) is 11.6 Å². The van der Waals surface area contributed by atoms with Crippen molar-refractivity contribution in [2.75, 3.05) is 7.11 Å². The number of carbonyl (C=O) groups excluding carboxylic acids is 1. The Morgan fingerprint density at radius 3 is 2.77 bits per heavy atom. The maximum atomic E-state index is 12.8. The fraction of sp³-hybridized carbons (Fsp3) is 0.125. The van der Waals surface area contributed by atoms with E-state index in [0.717, 1.165) is 21.5 Å². The van der Waals surface area contributed by atoms with Crippen molar-refractivity contribution >= 4 is 27.5 Å². The van der Waals surface area contributed by atoms with Crippen molar-refractivity contribution in [3.8, 4) is 5.75 Å². The molecular formula is C16H13FN2O2S. The summed E-state index contributed by atoms with van der Waals surface area (Å²) in [6.07, 6.45) is 0. The molecule has 0 spiro atoms. The molecule has 22 heavy (non-hydrogen) atoms. The summed E-state index contributed by atoms with van der Waals surface area (Å²) in [5, 5.41) is 3.17. The van der Waals surface area contributed by atoms with Crippen LogP contribution in [-0.2, 0) is 6.54 Å². The number of aromatic nitrogens is 1. The van der Waals surface area contributed by atoms with Crippen molar-refractivity contribution in [2.45, 2.75) is 6.54 Å². The Balaban J connectivity index is 1.73. The number of rotatable bonds is 4. The summed E-state index contributed by atoms with van der Waals surface area (Å²) in [4.78, 5) is 16.4. The smallest absolute Gasteiger partial charge is 0.280 e. The molecule has 0 fully saturated rings. The molecule has 1 N–H and O–H groups in total. The summed E-state index contributed by atoms with van der Waals surface area (Å²) >= 11 is 1.31. The minimum Gasteiger partial charge on any atom is -0.497 e. The highest BCUT2D eigenvalue weighted by atomic mass is 32.1. The molecule has 6 heteroatoms. The number of halogens is 1. The van der Waals surface area contributed by atoms with Gasteiger partial charge in [-0.1, -0.05) is 12.1 Å². The summed E-state index contributed by atoms with van der Waals surface area (Å²) in [5.41, 5.74) is 1.59. The summed E-state index contributed by atoms with van der Waals surface area (Å²) in [6.45, 7) is 0.332. The van der Waals surface area contributed by atoms with Crippen LogP contribution in [0.5, 0.6) is 5.75 Å². The molecule has 1 heterocycles. The van der Waals surface area contributed by atoms with Gasteiger partial charge in [0.2, 0.25) is 0 Å². The van der Waals surface area contributed by atoms with Crippen LogP contribution in [0.2, 0.25) is 0 Å². The first-order valence-corrected chi connectivity index (χ1v) is 7.44. The van der Waals surface area contributed by atoms with Crippen molar-refractivity contribution in [1.82, 2.24) is 10.3 Å². The second-order valence-electron chi connectivity index (χ2n) is 4.66. The van der Waals surface area contributed by atoms with E-state index in [9.17, 15) is 9.18 Å². The third-order valence-corrected chi connectivity index (χ3v) is 4.17. The first-order chi connectivity index (χ1) is 10.7. The lowest BCUT2D eigenvalue weighted by Gasteiger charge is -2.02. The van der Waals surface area contributed by atoms with Gasteiger partial charge in [-0.15, -0.1) is 11.3 Å². The van der Waals surface area contributed by atoms with Crippen LogP contribution in [-0.4, -0.2) is 18.0 Å². The molecule has 0 radical (unpaired) electrons. The third-order valence-electron chi connectivity index (χ3n) is 3.16. The lowest BCUT2D eigenvalue weighted by atomic mass is 10.2. The Hall–Kier alpha value is -2.47. The molecule has 3 rings (SSSR count). The Kier molecular flexibility index (Phi) is 4.02. The van der Waals surface area contributed by atoms with E-state index in [0.29, 0.717) is 11.6 Å².